The summed E-state index contributed by atoms with van der Waals surface area (Å²) in [5, 5.41) is 14.4. The van der Waals surface area contributed by atoms with E-state index in [4.69, 9.17) is 4.74 Å². The van der Waals surface area contributed by atoms with Crippen molar-refractivity contribution in [2.75, 3.05) is 32.1 Å². The van der Waals surface area contributed by atoms with Crippen molar-refractivity contribution < 1.29 is 14.1 Å². The molecular weight excluding hydrogens is 265 g/mol. The Bertz CT molecular complexity index is 504. The SMILES string of the molecule is COc1cc(N(C)CC2CCCN2)c([N+](=O)[O-])cc1F. The largest absolute Gasteiger partial charge is 0.494 e. The van der Waals surface area contributed by atoms with Crippen LogP contribution in [0.15, 0.2) is 12.1 Å². The third-order valence-electron chi connectivity index (χ3n) is 3.51. The van der Waals surface area contributed by atoms with Gasteiger partial charge in [0.05, 0.1) is 18.1 Å². The average molecular weight is 283 g/mol. The van der Waals surface area contributed by atoms with E-state index < -0.39 is 10.7 Å². The molecule has 1 saturated heterocycles. The Morgan fingerprint density at radius 2 is 2.35 bits per heavy atom. The second-order valence-electron chi connectivity index (χ2n) is 4.91. The fourth-order valence-corrected chi connectivity index (χ4v) is 2.48. The minimum absolute atomic E-state index is 0.0110. The topological polar surface area (TPSA) is 67.6 Å². The number of benzene rings is 1. The summed E-state index contributed by atoms with van der Waals surface area (Å²) < 4.78 is 18.5. The molecular formula is C13H18FN3O3. The van der Waals surface area contributed by atoms with E-state index in [1.807, 2.05) is 0 Å². The molecule has 0 aliphatic carbocycles. The van der Waals surface area contributed by atoms with Gasteiger partial charge in [0.1, 0.15) is 5.69 Å². The number of likely N-dealkylation sites (N-methyl/N-ethyl adjacent to an activating group) is 1. The van der Waals surface area contributed by atoms with Crippen LogP contribution in [0.25, 0.3) is 0 Å². The van der Waals surface area contributed by atoms with Crippen molar-refractivity contribution in [3.8, 4) is 5.75 Å². The van der Waals surface area contributed by atoms with Crippen LogP contribution in [0.3, 0.4) is 0 Å². The lowest BCUT2D eigenvalue weighted by molar-refractivity contribution is -0.384. The number of rotatable bonds is 5. The van der Waals surface area contributed by atoms with Crippen LogP contribution in [0, 0.1) is 15.9 Å². The zero-order valence-electron chi connectivity index (χ0n) is 11.6. The molecule has 2 rings (SSSR count). The van der Waals surface area contributed by atoms with Crippen LogP contribution in [0.1, 0.15) is 12.8 Å². The van der Waals surface area contributed by atoms with Crippen molar-refractivity contribution in [3.63, 3.8) is 0 Å². The molecule has 6 nitrogen and oxygen atoms in total. The lowest BCUT2D eigenvalue weighted by Gasteiger charge is -2.23. The number of nitrogens with zero attached hydrogens (tertiary/aromatic N) is 2. The number of nitro groups is 1. The Morgan fingerprint density at radius 3 is 2.90 bits per heavy atom. The van der Waals surface area contributed by atoms with Crippen LogP contribution in [0.4, 0.5) is 15.8 Å². The summed E-state index contributed by atoms with van der Waals surface area (Å²) in [6.07, 6.45) is 2.14. The first-order valence-corrected chi connectivity index (χ1v) is 6.49. The molecule has 1 aromatic carbocycles. The zero-order valence-corrected chi connectivity index (χ0v) is 11.6. The summed E-state index contributed by atoms with van der Waals surface area (Å²) in [5.41, 5.74) is 0.116. The number of hydrogen-bond acceptors (Lipinski definition) is 5. The Labute approximate surface area is 116 Å². The van der Waals surface area contributed by atoms with E-state index in [-0.39, 0.29) is 11.4 Å². The molecule has 0 spiro atoms. The number of nitro benzene ring substituents is 1. The van der Waals surface area contributed by atoms with Crippen molar-refractivity contribution in [1.82, 2.24) is 5.32 Å². The Kier molecular flexibility index (Phi) is 4.39. The van der Waals surface area contributed by atoms with Crippen molar-refractivity contribution >= 4 is 11.4 Å². The van der Waals surface area contributed by atoms with Crippen molar-refractivity contribution in [2.24, 2.45) is 0 Å². The smallest absolute Gasteiger partial charge is 0.295 e. The standard InChI is InChI=1S/C13H18FN3O3/c1-16(8-9-4-3-5-15-9)11-7-13(20-2)10(14)6-12(11)17(18)19/h6-7,9,15H,3-5,8H2,1-2H3. The Hall–Kier alpha value is -1.89. The number of halogens is 1. The van der Waals surface area contributed by atoms with Crippen LogP contribution < -0.4 is 15.0 Å². The molecule has 7 heteroatoms. The predicted octanol–water partition coefficient (Wildman–Crippen LogP) is 1.93. The lowest BCUT2D eigenvalue weighted by atomic mass is 10.2. The quantitative estimate of drug-likeness (QED) is 0.660. The molecule has 20 heavy (non-hydrogen) atoms. The average Bonchev–Trinajstić information content (AvgIpc) is 2.90. The molecule has 0 radical (unpaired) electrons. The first-order valence-electron chi connectivity index (χ1n) is 6.49. The third-order valence-corrected chi connectivity index (χ3v) is 3.51. The summed E-state index contributed by atoms with van der Waals surface area (Å²) in [4.78, 5) is 12.3. The van der Waals surface area contributed by atoms with E-state index in [0.717, 1.165) is 25.5 Å². The van der Waals surface area contributed by atoms with E-state index in [1.165, 1.54) is 13.2 Å². The number of anilines is 1. The maximum atomic E-state index is 13.6. The highest BCUT2D eigenvalue weighted by molar-refractivity contribution is 5.66. The van der Waals surface area contributed by atoms with Crippen molar-refractivity contribution in [2.45, 2.75) is 18.9 Å². The van der Waals surface area contributed by atoms with Crippen molar-refractivity contribution in [1.29, 1.82) is 0 Å². The highest BCUT2D eigenvalue weighted by Gasteiger charge is 2.24. The number of methoxy groups -OCH3 is 1. The van der Waals surface area contributed by atoms with Crippen molar-refractivity contribution in [3.05, 3.63) is 28.1 Å². The minimum atomic E-state index is -0.727. The molecule has 1 atom stereocenters. The van der Waals surface area contributed by atoms with Gasteiger partial charge in [-0.2, -0.15) is 0 Å². The monoisotopic (exact) mass is 283 g/mol. The summed E-state index contributed by atoms with van der Waals surface area (Å²) in [6.45, 7) is 1.60. The molecule has 0 saturated carbocycles. The molecule has 0 bridgehead atoms. The van der Waals surface area contributed by atoms with E-state index >= 15 is 0 Å². The maximum absolute atomic E-state index is 13.6. The van der Waals surface area contributed by atoms with E-state index in [9.17, 15) is 14.5 Å². The van der Waals surface area contributed by atoms with Gasteiger partial charge in [-0.05, 0) is 19.4 Å². The molecule has 0 amide bonds. The summed E-state index contributed by atoms with van der Waals surface area (Å²) in [5.74, 6) is -0.716. The highest BCUT2D eigenvalue weighted by Crippen LogP contribution is 2.34. The second kappa shape index (κ2) is 6.04. The maximum Gasteiger partial charge on any atom is 0.295 e. The first-order chi connectivity index (χ1) is 9.52. The van der Waals surface area contributed by atoms with Gasteiger partial charge in [0.25, 0.3) is 5.69 Å². The fraction of sp³-hybridized carbons (Fsp3) is 0.538. The normalized spacial score (nSPS) is 18.1. The van der Waals surface area contributed by atoms with E-state index in [0.29, 0.717) is 18.3 Å². The molecule has 110 valence electrons. The highest BCUT2D eigenvalue weighted by atomic mass is 19.1. The third kappa shape index (κ3) is 2.98. The molecule has 1 aliphatic rings. The van der Waals surface area contributed by atoms with Gasteiger partial charge in [-0.3, -0.25) is 10.1 Å². The van der Waals surface area contributed by atoms with Gasteiger partial charge in [0.15, 0.2) is 11.6 Å². The fourth-order valence-electron chi connectivity index (χ4n) is 2.48. The van der Waals surface area contributed by atoms with Gasteiger partial charge in [-0.15, -0.1) is 0 Å². The molecule has 1 fully saturated rings. The summed E-state index contributed by atoms with van der Waals surface area (Å²) in [7, 11) is 3.10. The van der Waals surface area contributed by atoms with E-state index in [2.05, 4.69) is 5.32 Å². The van der Waals surface area contributed by atoms with Gasteiger partial charge in [0.2, 0.25) is 0 Å². The van der Waals surface area contributed by atoms with Gasteiger partial charge >= 0.3 is 0 Å². The van der Waals surface area contributed by atoms with Gasteiger partial charge in [0, 0.05) is 25.7 Å². The van der Waals surface area contributed by atoms with Gasteiger partial charge in [-0.25, -0.2) is 4.39 Å². The Balaban J connectivity index is 2.29. The van der Waals surface area contributed by atoms with E-state index in [1.54, 1.807) is 11.9 Å². The number of hydrogen-bond donors (Lipinski definition) is 1. The number of nitrogens with one attached hydrogen (secondary N) is 1. The van der Waals surface area contributed by atoms with Gasteiger partial charge < -0.3 is 15.0 Å². The Morgan fingerprint density at radius 1 is 1.60 bits per heavy atom. The number of ether oxygens (including phenoxy) is 1. The molecule has 1 heterocycles. The molecule has 1 aliphatic heterocycles. The van der Waals surface area contributed by atoms with Crippen LogP contribution in [-0.4, -0.2) is 38.2 Å². The summed E-state index contributed by atoms with van der Waals surface area (Å²) >= 11 is 0. The second-order valence-corrected chi connectivity index (χ2v) is 4.91. The lowest BCUT2D eigenvalue weighted by Crippen LogP contribution is -2.35. The van der Waals surface area contributed by atoms with Crippen LogP contribution in [-0.2, 0) is 0 Å². The van der Waals surface area contributed by atoms with Crippen LogP contribution >= 0.6 is 0 Å². The minimum Gasteiger partial charge on any atom is -0.494 e. The zero-order chi connectivity index (χ0) is 14.7. The molecule has 1 N–H and O–H groups in total. The molecule has 1 unspecified atom stereocenters. The summed E-state index contributed by atoms with van der Waals surface area (Å²) in [6, 6.07) is 2.59. The first kappa shape index (κ1) is 14.5. The van der Waals surface area contributed by atoms with Crippen LogP contribution in [0.2, 0.25) is 0 Å². The molecule has 0 aromatic heterocycles. The predicted molar refractivity (Wildman–Crippen MR) is 73.9 cm³/mol. The van der Waals surface area contributed by atoms with Gasteiger partial charge in [-0.1, -0.05) is 0 Å². The van der Waals surface area contributed by atoms with Crippen LogP contribution in [0.5, 0.6) is 5.75 Å². The molecule has 1 aromatic rings.